The van der Waals surface area contributed by atoms with Gasteiger partial charge in [0.2, 0.25) is 0 Å². The Morgan fingerprint density at radius 3 is 2.33 bits per heavy atom. The highest BCUT2D eigenvalue weighted by Gasteiger charge is 2.33. The zero-order chi connectivity index (χ0) is 21.6. The summed E-state index contributed by atoms with van der Waals surface area (Å²) in [5, 5.41) is 10.6. The van der Waals surface area contributed by atoms with Gasteiger partial charge in [0.05, 0.1) is 5.56 Å². The van der Waals surface area contributed by atoms with E-state index < -0.39 is 17.8 Å². The molecule has 1 aromatic heterocycles. The molecule has 0 saturated carbocycles. The van der Waals surface area contributed by atoms with Crippen LogP contribution in [0.15, 0.2) is 42.6 Å². The van der Waals surface area contributed by atoms with Crippen LogP contribution >= 0.6 is 0 Å². The molecule has 0 bridgehead atoms. The van der Waals surface area contributed by atoms with Crippen molar-refractivity contribution in [1.29, 1.82) is 0 Å². The lowest BCUT2D eigenvalue weighted by Crippen LogP contribution is -3.15. The Balaban J connectivity index is 1.47. The lowest BCUT2D eigenvalue weighted by atomic mass is 10.0. The Bertz CT molecular complexity index is 770. The van der Waals surface area contributed by atoms with E-state index in [9.17, 15) is 18.3 Å². The molecule has 1 aromatic carbocycles. The number of nitrogens with zero attached hydrogens (tertiary/aromatic N) is 1. The molecule has 30 heavy (non-hydrogen) atoms. The number of quaternary nitrogens is 1. The van der Waals surface area contributed by atoms with Crippen molar-refractivity contribution >= 4 is 5.82 Å². The van der Waals surface area contributed by atoms with Crippen LogP contribution in [0.3, 0.4) is 0 Å². The number of pyridine rings is 1. The average Bonchev–Trinajstić information content (AvgIpc) is 2.74. The van der Waals surface area contributed by atoms with Crippen LogP contribution in [0, 0.1) is 0 Å². The summed E-state index contributed by atoms with van der Waals surface area (Å²) in [6.07, 6.45) is 0.912. The van der Waals surface area contributed by atoms with Crippen molar-refractivity contribution < 1.29 is 28.2 Å². The summed E-state index contributed by atoms with van der Waals surface area (Å²) >= 11 is 0. The Kier molecular flexibility index (Phi) is 7.72. The Hall–Kier alpha value is -2.12. The number of aryl methyl sites for hydroxylation is 1. The second kappa shape index (κ2) is 10.3. The molecule has 0 spiro atoms. The summed E-state index contributed by atoms with van der Waals surface area (Å²) in [5.74, 6) is 0.696. The first kappa shape index (κ1) is 22.6. The van der Waals surface area contributed by atoms with Crippen LogP contribution in [-0.4, -0.2) is 37.8 Å². The molecule has 0 unspecified atom stereocenters. The minimum Gasteiger partial charge on any atom is -0.382 e. The molecule has 2 aromatic rings. The highest BCUT2D eigenvalue weighted by atomic mass is 19.4. The number of hydrogen-bond acceptors (Lipinski definition) is 2. The number of rotatable bonds is 8. The largest absolute Gasteiger partial charge is 0.419 e. The van der Waals surface area contributed by atoms with Gasteiger partial charge in [-0.15, -0.1) is 0 Å². The minimum atomic E-state index is -4.33. The van der Waals surface area contributed by atoms with Gasteiger partial charge in [0.15, 0.2) is 0 Å². The first-order valence-corrected chi connectivity index (χ1v) is 10.8. The molecule has 2 heterocycles. The van der Waals surface area contributed by atoms with Crippen molar-refractivity contribution in [3.05, 3.63) is 59.3 Å². The number of aromatic amines is 1. The topological polar surface area (TPSA) is 42.1 Å². The van der Waals surface area contributed by atoms with Crippen molar-refractivity contribution in [3.63, 3.8) is 0 Å². The van der Waals surface area contributed by atoms with E-state index in [-0.39, 0.29) is 0 Å². The average molecular weight is 424 g/mol. The molecule has 0 radical (unpaired) electrons. The van der Waals surface area contributed by atoms with Crippen molar-refractivity contribution in [2.45, 2.75) is 44.9 Å². The number of halogens is 3. The zero-order valence-electron chi connectivity index (χ0n) is 17.5. The molecule has 3 N–H and O–H groups in total. The Morgan fingerprint density at radius 2 is 1.77 bits per heavy atom. The number of aromatic nitrogens is 1. The zero-order valence-corrected chi connectivity index (χ0v) is 17.5. The summed E-state index contributed by atoms with van der Waals surface area (Å²) in [4.78, 5) is 6.13. The van der Waals surface area contributed by atoms with Crippen molar-refractivity contribution in [1.82, 2.24) is 0 Å². The fraction of sp³-hybridized carbons (Fsp3) is 0.522. The molecule has 1 fully saturated rings. The van der Waals surface area contributed by atoms with Crippen LogP contribution in [0.4, 0.5) is 19.0 Å². The minimum absolute atomic E-state index is 0.506. The monoisotopic (exact) mass is 423 g/mol. The maximum absolute atomic E-state index is 12.7. The standard InChI is InChI=1S/C23H30F3N3O/c1-2-3-4-5-18-6-8-19(9-7-18)21(30)17-28-12-14-29(15-13-28)22-11-10-20(16-27-22)23(24,25)26/h6-11,16,21,30H,2-5,12-15,17H2,1H3/p+2/t21-/m0/s1. The molecule has 7 heteroatoms. The lowest BCUT2D eigenvalue weighted by Gasteiger charge is -2.29. The van der Waals surface area contributed by atoms with E-state index in [0.29, 0.717) is 12.4 Å². The lowest BCUT2D eigenvalue weighted by molar-refractivity contribution is -0.904. The number of aliphatic hydroxyl groups is 1. The van der Waals surface area contributed by atoms with Gasteiger partial charge in [-0.3, -0.25) is 4.90 Å². The maximum atomic E-state index is 12.7. The Morgan fingerprint density at radius 1 is 1.07 bits per heavy atom. The molecule has 1 aliphatic heterocycles. The summed E-state index contributed by atoms with van der Waals surface area (Å²) < 4.78 is 38.1. The van der Waals surface area contributed by atoms with E-state index in [1.165, 1.54) is 35.8 Å². The number of benzene rings is 1. The molecule has 1 aliphatic rings. The van der Waals surface area contributed by atoms with E-state index in [4.69, 9.17) is 0 Å². The van der Waals surface area contributed by atoms with Gasteiger partial charge in [-0.2, -0.15) is 13.2 Å². The van der Waals surface area contributed by atoms with Gasteiger partial charge in [-0.05, 0) is 30.0 Å². The fourth-order valence-electron chi connectivity index (χ4n) is 3.93. The first-order chi connectivity index (χ1) is 14.4. The smallest absolute Gasteiger partial charge is 0.382 e. The summed E-state index contributed by atoms with van der Waals surface area (Å²) in [7, 11) is 0. The molecule has 0 amide bonds. The normalized spacial score (nSPS) is 16.6. The highest BCUT2D eigenvalue weighted by Crippen LogP contribution is 2.28. The SMILES string of the molecule is CCCCCc1ccc([C@@H](O)C[NH+]2CCN(c3ccc(C(F)(F)F)c[nH+]3)CC2)cc1. The van der Waals surface area contributed by atoms with Crippen LogP contribution < -0.4 is 14.8 Å². The fourth-order valence-corrected chi connectivity index (χ4v) is 3.93. The number of anilines is 1. The molecule has 4 nitrogen and oxygen atoms in total. The van der Waals surface area contributed by atoms with Crippen molar-refractivity contribution in [3.8, 4) is 0 Å². The van der Waals surface area contributed by atoms with E-state index in [2.05, 4.69) is 28.9 Å². The number of H-pyrrole nitrogens is 1. The second-order valence-electron chi connectivity index (χ2n) is 8.12. The molecular formula is C23H32F3N3O+2. The first-order valence-electron chi connectivity index (χ1n) is 10.8. The number of piperazine rings is 1. The van der Waals surface area contributed by atoms with E-state index in [0.717, 1.165) is 50.4 Å². The summed E-state index contributed by atoms with van der Waals surface area (Å²) in [6.45, 7) is 5.98. The van der Waals surface area contributed by atoms with Crippen LogP contribution in [0.2, 0.25) is 0 Å². The molecular weight excluding hydrogens is 391 g/mol. The highest BCUT2D eigenvalue weighted by molar-refractivity contribution is 5.34. The van der Waals surface area contributed by atoms with Gasteiger partial charge in [0, 0.05) is 6.07 Å². The second-order valence-corrected chi connectivity index (χ2v) is 8.12. The predicted molar refractivity (Wildman–Crippen MR) is 110 cm³/mol. The summed E-state index contributed by atoms with van der Waals surface area (Å²) in [5.41, 5.74) is 1.59. The third-order valence-corrected chi connectivity index (χ3v) is 5.85. The predicted octanol–water partition coefficient (Wildman–Crippen LogP) is 2.69. The van der Waals surface area contributed by atoms with Crippen LogP contribution in [0.1, 0.15) is 49.0 Å². The number of aliphatic hydroxyl groups excluding tert-OH is 1. The van der Waals surface area contributed by atoms with Gasteiger partial charge >= 0.3 is 6.18 Å². The third-order valence-electron chi connectivity index (χ3n) is 5.85. The molecule has 0 aliphatic carbocycles. The summed E-state index contributed by atoms with van der Waals surface area (Å²) in [6, 6.07) is 10.9. The quantitative estimate of drug-likeness (QED) is 0.641. The van der Waals surface area contributed by atoms with E-state index in [1.807, 2.05) is 12.1 Å². The van der Waals surface area contributed by atoms with Gasteiger partial charge in [-0.1, -0.05) is 44.0 Å². The van der Waals surface area contributed by atoms with Gasteiger partial charge in [0.25, 0.3) is 5.82 Å². The van der Waals surface area contributed by atoms with Gasteiger partial charge in [0.1, 0.15) is 45.0 Å². The molecule has 3 rings (SSSR count). The van der Waals surface area contributed by atoms with Gasteiger partial charge in [-0.25, -0.2) is 4.98 Å². The van der Waals surface area contributed by atoms with Crippen LogP contribution in [0.5, 0.6) is 0 Å². The Labute approximate surface area is 176 Å². The van der Waals surface area contributed by atoms with E-state index >= 15 is 0 Å². The molecule has 1 saturated heterocycles. The number of hydrogen-bond donors (Lipinski definition) is 2. The molecule has 164 valence electrons. The number of alkyl halides is 3. The van der Waals surface area contributed by atoms with Gasteiger partial charge < -0.3 is 10.0 Å². The number of nitrogens with one attached hydrogen (secondary N) is 2. The van der Waals surface area contributed by atoms with Crippen LogP contribution in [0.25, 0.3) is 0 Å². The maximum Gasteiger partial charge on any atom is 0.419 e. The number of unbranched alkanes of at least 4 members (excludes halogenated alkanes) is 2. The van der Waals surface area contributed by atoms with E-state index in [1.54, 1.807) is 0 Å². The third kappa shape index (κ3) is 6.19. The van der Waals surface area contributed by atoms with Crippen molar-refractivity contribution in [2.24, 2.45) is 0 Å². The molecule has 1 atom stereocenters. The van der Waals surface area contributed by atoms with Crippen molar-refractivity contribution in [2.75, 3.05) is 37.6 Å². The van der Waals surface area contributed by atoms with Crippen LogP contribution in [-0.2, 0) is 12.6 Å².